The summed E-state index contributed by atoms with van der Waals surface area (Å²) in [5, 5.41) is 2.30. The van der Waals surface area contributed by atoms with Crippen molar-refractivity contribution < 1.29 is 4.74 Å². The number of anilines is 2. The number of nitrogens with zero attached hydrogens (tertiary/aromatic N) is 4. The number of ether oxygens (including phenoxy) is 1. The second kappa shape index (κ2) is 17.5. The van der Waals surface area contributed by atoms with Crippen LogP contribution in [0.1, 0.15) is 98.4 Å². The Labute approximate surface area is 415 Å². The fourth-order valence-electron chi connectivity index (χ4n) is 9.91. The van der Waals surface area contributed by atoms with E-state index < -0.39 is 0 Å². The van der Waals surface area contributed by atoms with Crippen LogP contribution in [0.5, 0.6) is 11.5 Å². The molecule has 0 fully saturated rings. The van der Waals surface area contributed by atoms with Gasteiger partial charge in [0.05, 0.1) is 17.7 Å². The van der Waals surface area contributed by atoms with E-state index in [1.807, 2.05) is 6.20 Å². The van der Waals surface area contributed by atoms with Gasteiger partial charge in [-0.15, -0.1) is 0 Å². The summed E-state index contributed by atoms with van der Waals surface area (Å²) in [7, 11) is 0. The Morgan fingerprint density at radius 1 is 0.429 bits per heavy atom. The molecule has 0 N–H and O–H groups in total. The van der Waals surface area contributed by atoms with E-state index in [2.05, 4.69) is 273 Å². The Kier molecular flexibility index (Phi) is 11.6. The third kappa shape index (κ3) is 9.02. The van der Waals surface area contributed by atoms with Crippen molar-refractivity contribution in [2.45, 2.75) is 92.4 Å². The van der Waals surface area contributed by atoms with Crippen molar-refractivity contribution in [2.75, 3.05) is 16.5 Å². The van der Waals surface area contributed by atoms with E-state index >= 15 is 0 Å². The summed E-state index contributed by atoms with van der Waals surface area (Å²) in [6.45, 7) is 26.1. The molecule has 1 aliphatic heterocycles. The third-order valence-electron chi connectivity index (χ3n) is 14.2. The summed E-state index contributed by atoms with van der Waals surface area (Å²) in [6.07, 6.45) is 4.30. The maximum Gasteiger partial charge on any atom is 0.137 e. The Bertz CT molecular complexity index is 3370. The molecular weight excluding hydrogens is 853 g/mol. The summed E-state index contributed by atoms with van der Waals surface area (Å²) in [6, 6.07) is 63.6. The molecule has 0 radical (unpaired) electrons. The lowest BCUT2D eigenvalue weighted by Gasteiger charge is -2.33. The van der Waals surface area contributed by atoms with Crippen molar-refractivity contribution in [1.29, 1.82) is 0 Å². The second-order valence-electron chi connectivity index (χ2n) is 22.8. The Morgan fingerprint density at radius 2 is 1.06 bits per heavy atom. The quantitative estimate of drug-likeness (QED) is 0.144. The first-order chi connectivity index (χ1) is 33.3. The Balaban J connectivity index is 1.09. The highest BCUT2D eigenvalue weighted by Gasteiger charge is 2.33. The molecule has 7 aromatic carbocycles. The summed E-state index contributed by atoms with van der Waals surface area (Å²) in [4.78, 5) is 9.98. The predicted octanol–water partition coefficient (Wildman–Crippen LogP) is 17.4. The van der Waals surface area contributed by atoms with Crippen LogP contribution in [0.25, 0.3) is 49.9 Å². The number of hydrogen-bond donors (Lipinski definition) is 0. The lowest BCUT2D eigenvalue weighted by atomic mass is 9.78. The highest BCUT2D eigenvalue weighted by Crippen LogP contribution is 2.44. The summed E-state index contributed by atoms with van der Waals surface area (Å²) in [5.74, 6) is 2.38. The lowest BCUT2D eigenvalue weighted by molar-refractivity contribution is 0.483. The minimum absolute atomic E-state index is 0.000397. The van der Waals surface area contributed by atoms with Crippen LogP contribution in [-0.2, 0) is 16.2 Å². The highest BCUT2D eigenvalue weighted by atomic mass is 16.5. The fourth-order valence-corrected chi connectivity index (χ4v) is 9.91. The third-order valence-corrected chi connectivity index (χ3v) is 14.2. The molecular formula is C65H66N4O. The van der Waals surface area contributed by atoms with Crippen LogP contribution in [0.15, 0.2) is 194 Å². The first-order valence-electron chi connectivity index (χ1n) is 24.8. The number of fused-ring (bicyclic) bond motifs is 3. The second-order valence-corrected chi connectivity index (χ2v) is 22.8. The van der Waals surface area contributed by atoms with Gasteiger partial charge in [-0.2, -0.15) is 0 Å². The van der Waals surface area contributed by atoms with E-state index in [0.717, 1.165) is 55.9 Å². The smallest absolute Gasteiger partial charge is 0.137 e. The minimum atomic E-state index is -0.241. The Hall–Kier alpha value is -7.37. The van der Waals surface area contributed by atoms with Crippen LogP contribution < -0.4 is 14.5 Å². The maximum absolute atomic E-state index is 7.08. The number of aromatic nitrogens is 2. The molecule has 0 saturated heterocycles. The largest absolute Gasteiger partial charge is 0.457 e. The molecule has 0 aliphatic carbocycles. The number of allylic oxidation sites excluding steroid dienone is 1. The van der Waals surface area contributed by atoms with Gasteiger partial charge in [-0.1, -0.05) is 179 Å². The lowest BCUT2D eigenvalue weighted by Crippen LogP contribution is -2.31. The zero-order valence-electron chi connectivity index (χ0n) is 42.8. The van der Waals surface area contributed by atoms with Crippen LogP contribution in [0, 0.1) is 5.41 Å². The van der Waals surface area contributed by atoms with E-state index in [1.54, 1.807) is 0 Å². The molecule has 0 spiro atoms. The molecule has 0 saturated carbocycles. The van der Waals surface area contributed by atoms with Crippen molar-refractivity contribution in [2.24, 2.45) is 5.41 Å². The predicted molar refractivity (Wildman–Crippen MR) is 296 cm³/mol. The minimum Gasteiger partial charge on any atom is -0.457 e. The molecule has 0 bridgehead atoms. The van der Waals surface area contributed by atoms with E-state index in [1.165, 1.54) is 44.8 Å². The standard InChI is InChI=1S/C65H66N4O/c1-62(2,3)50-36-51(63(4,5)6)38-53(37-50)68-43-67(42-60(68)64(7,8)9)52-33-47(45-23-17-13-18-24-45)34-55(40-52)70-54-28-29-56-57-35-46(44-21-15-12-16-22-44)27-30-58(57)69(59(56)41-54)61-39-49(31-32-66-61)65(10,11)48-25-19-14-20-26-48/h12-42H,43H2,1-11H3. The normalized spacial score (nSPS) is 13.6. The summed E-state index contributed by atoms with van der Waals surface area (Å²) < 4.78 is 9.39. The first kappa shape index (κ1) is 46.4. The Morgan fingerprint density at radius 3 is 1.69 bits per heavy atom. The maximum atomic E-state index is 7.08. The molecule has 70 heavy (non-hydrogen) atoms. The molecule has 5 heteroatoms. The summed E-state index contributed by atoms with van der Waals surface area (Å²) >= 11 is 0. The van der Waals surface area contributed by atoms with Crippen molar-refractivity contribution in [3.63, 3.8) is 0 Å². The van der Waals surface area contributed by atoms with Gasteiger partial charge in [-0.25, -0.2) is 4.98 Å². The fraction of sp³-hybridized carbons (Fsp3) is 0.246. The zero-order chi connectivity index (χ0) is 49.2. The van der Waals surface area contributed by atoms with Crippen molar-refractivity contribution >= 4 is 33.2 Å². The van der Waals surface area contributed by atoms with Crippen LogP contribution in [0.4, 0.5) is 11.4 Å². The van der Waals surface area contributed by atoms with Crippen LogP contribution in [0.2, 0.25) is 0 Å². The number of hydrogen-bond acceptors (Lipinski definition) is 4. The van der Waals surface area contributed by atoms with Crippen molar-refractivity contribution in [1.82, 2.24) is 9.55 Å². The van der Waals surface area contributed by atoms with Gasteiger partial charge >= 0.3 is 0 Å². The molecule has 9 aromatic rings. The van der Waals surface area contributed by atoms with Gasteiger partial charge in [0.25, 0.3) is 0 Å². The van der Waals surface area contributed by atoms with E-state index in [0.29, 0.717) is 6.67 Å². The topological polar surface area (TPSA) is 33.5 Å². The molecule has 10 rings (SSSR count). The van der Waals surface area contributed by atoms with Crippen LogP contribution in [0.3, 0.4) is 0 Å². The molecule has 0 atom stereocenters. The van der Waals surface area contributed by atoms with Crippen molar-refractivity contribution in [3.05, 3.63) is 216 Å². The molecule has 5 nitrogen and oxygen atoms in total. The molecule has 0 amide bonds. The number of pyridine rings is 1. The summed E-state index contributed by atoms with van der Waals surface area (Å²) in [5.41, 5.74) is 15.0. The van der Waals surface area contributed by atoms with E-state index in [9.17, 15) is 0 Å². The zero-order valence-corrected chi connectivity index (χ0v) is 42.8. The molecule has 1 aliphatic rings. The SMILES string of the molecule is CC(C)(C)C1=CN(c2cc(Oc3ccc4c5cc(-c6ccccc6)ccc5n(-c5cc(C(C)(C)c6ccccc6)ccn5)c4c3)cc(-c3ccccc3)c2)CN1c1cc(C(C)(C)C)cc(C(C)(C)C)c1. The first-order valence-corrected chi connectivity index (χ1v) is 24.8. The van der Waals surface area contributed by atoms with Crippen LogP contribution >= 0.6 is 0 Å². The van der Waals surface area contributed by atoms with Gasteiger partial charge < -0.3 is 14.5 Å². The van der Waals surface area contributed by atoms with Gasteiger partial charge in [0.15, 0.2) is 0 Å². The van der Waals surface area contributed by atoms with Gasteiger partial charge in [0.1, 0.15) is 17.3 Å². The average molecular weight is 919 g/mol. The average Bonchev–Trinajstić information content (AvgIpc) is 3.95. The van der Waals surface area contributed by atoms with Gasteiger partial charge in [0, 0.05) is 63.2 Å². The molecule has 0 unspecified atom stereocenters. The van der Waals surface area contributed by atoms with Gasteiger partial charge in [-0.05, 0) is 116 Å². The van der Waals surface area contributed by atoms with E-state index in [-0.39, 0.29) is 21.7 Å². The van der Waals surface area contributed by atoms with Crippen molar-refractivity contribution in [3.8, 4) is 39.6 Å². The van der Waals surface area contributed by atoms with E-state index in [4.69, 9.17) is 9.72 Å². The van der Waals surface area contributed by atoms with Crippen LogP contribution in [-0.4, -0.2) is 16.2 Å². The molecule has 3 heterocycles. The highest BCUT2D eigenvalue weighted by molar-refractivity contribution is 6.10. The van der Waals surface area contributed by atoms with Gasteiger partial charge in [0.2, 0.25) is 0 Å². The number of benzene rings is 7. The van der Waals surface area contributed by atoms with Gasteiger partial charge in [-0.3, -0.25) is 4.57 Å². The number of rotatable bonds is 9. The molecule has 352 valence electrons. The molecule has 2 aromatic heterocycles. The monoisotopic (exact) mass is 919 g/mol.